The standard InChI is InChI=1S/C17H23N/c1-2-14-6-5-13(9-15(14)3-1)11-18-17-10-12-4-7-16(17)8-12/h5-6,9,12,16-18H,1-4,7-8,10-11H2. The minimum Gasteiger partial charge on any atom is -0.310 e. The first-order chi connectivity index (χ1) is 8.88. The van der Waals surface area contributed by atoms with Gasteiger partial charge in [-0.1, -0.05) is 24.6 Å². The predicted octanol–water partition coefficient (Wildman–Crippen LogP) is 3.45. The number of aryl methyl sites for hydroxylation is 2. The van der Waals surface area contributed by atoms with Gasteiger partial charge in [0.15, 0.2) is 0 Å². The van der Waals surface area contributed by atoms with Gasteiger partial charge < -0.3 is 5.32 Å². The van der Waals surface area contributed by atoms with Crippen LogP contribution < -0.4 is 5.32 Å². The second kappa shape index (κ2) is 4.38. The lowest BCUT2D eigenvalue weighted by Crippen LogP contribution is -2.33. The van der Waals surface area contributed by atoms with Crippen LogP contribution in [0.15, 0.2) is 18.2 Å². The lowest BCUT2D eigenvalue weighted by atomic mass is 9.95. The Morgan fingerprint density at radius 2 is 2.00 bits per heavy atom. The van der Waals surface area contributed by atoms with Crippen molar-refractivity contribution in [3.8, 4) is 0 Å². The number of fused-ring (bicyclic) bond motifs is 3. The molecule has 0 aliphatic heterocycles. The van der Waals surface area contributed by atoms with E-state index in [1.165, 1.54) is 50.5 Å². The first kappa shape index (κ1) is 11.0. The van der Waals surface area contributed by atoms with Crippen LogP contribution in [0.2, 0.25) is 0 Å². The highest BCUT2D eigenvalue weighted by molar-refractivity contribution is 5.35. The molecule has 2 bridgehead atoms. The van der Waals surface area contributed by atoms with Crippen LogP contribution in [-0.2, 0) is 19.4 Å². The molecule has 2 fully saturated rings. The minimum absolute atomic E-state index is 0.817. The average molecular weight is 241 g/mol. The third kappa shape index (κ3) is 1.89. The lowest BCUT2D eigenvalue weighted by Gasteiger charge is -2.23. The highest BCUT2D eigenvalue weighted by Gasteiger charge is 2.38. The van der Waals surface area contributed by atoms with Gasteiger partial charge in [-0.3, -0.25) is 0 Å². The Labute approximate surface area is 110 Å². The van der Waals surface area contributed by atoms with Crippen molar-refractivity contribution in [3.63, 3.8) is 0 Å². The number of hydrogen-bond donors (Lipinski definition) is 1. The van der Waals surface area contributed by atoms with Crippen LogP contribution in [-0.4, -0.2) is 6.04 Å². The first-order valence-corrected chi connectivity index (χ1v) is 7.72. The number of nitrogens with one attached hydrogen (secondary N) is 1. The van der Waals surface area contributed by atoms with Crippen LogP contribution in [0.25, 0.3) is 0 Å². The third-order valence-electron chi connectivity index (χ3n) is 5.47. The van der Waals surface area contributed by atoms with Crippen molar-refractivity contribution in [3.05, 3.63) is 34.9 Å². The second-order valence-electron chi connectivity index (χ2n) is 6.62. The Balaban J connectivity index is 1.40. The molecular weight excluding hydrogens is 218 g/mol. The molecule has 1 aromatic rings. The predicted molar refractivity (Wildman–Crippen MR) is 74.5 cm³/mol. The minimum atomic E-state index is 0.817. The van der Waals surface area contributed by atoms with E-state index in [9.17, 15) is 0 Å². The van der Waals surface area contributed by atoms with E-state index in [-0.39, 0.29) is 0 Å². The molecule has 1 aromatic carbocycles. The molecule has 1 N–H and O–H groups in total. The number of hydrogen-bond acceptors (Lipinski definition) is 1. The molecule has 0 amide bonds. The zero-order valence-corrected chi connectivity index (χ0v) is 11.1. The maximum absolute atomic E-state index is 3.82. The molecule has 96 valence electrons. The molecular formula is C17H23N. The molecule has 4 rings (SSSR count). The Bertz CT molecular complexity index is 451. The smallest absolute Gasteiger partial charge is 0.0208 e. The molecule has 1 heteroatoms. The summed E-state index contributed by atoms with van der Waals surface area (Å²) in [5, 5.41) is 3.82. The fourth-order valence-electron chi connectivity index (χ4n) is 4.48. The van der Waals surface area contributed by atoms with Crippen molar-refractivity contribution in [1.82, 2.24) is 5.32 Å². The maximum Gasteiger partial charge on any atom is 0.0208 e. The van der Waals surface area contributed by atoms with Crippen LogP contribution in [0.1, 0.15) is 48.8 Å². The van der Waals surface area contributed by atoms with Crippen LogP contribution >= 0.6 is 0 Å². The van der Waals surface area contributed by atoms with E-state index in [0.29, 0.717) is 0 Å². The SMILES string of the molecule is c1cc2c(cc1CNC1CC3CCC1C3)CCC2. The van der Waals surface area contributed by atoms with E-state index < -0.39 is 0 Å². The van der Waals surface area contributed by atoms with E-state index in [1.807, 2.05) is 0 Å². The fourth-order valence-corrected chi connectivity index (χ4v) is 4.48. The van der Waals surface area contributed by atoms with E-state index in [2.05, 4.69) is 23.5 Å². The molecule has 18 heavy (non-hydrogen) atoms. The molecule has 1 nitrogen and oxygen atoms in total. The van der Waals surface area contributed by atoms with Crippen molar-refractivity contribution in [2.24, 2.45) is 11.8 Å². The molecule has 2 saturated carbocycles. The summed E-state index contributed by atoms with van der Waals surface area (Å²) in [5.74, 6) is 2.04. The Morgan fingerprint density at radius 1 is 1.06 bits per heavy atom. The molecule has 0 saturated heterocycles. The molecule has 0 radical (unpaired) electrons. The molecule has 0 spiro atoms. The van der Waals surface area contributed by atoms with Gasteiger partial charge in [0.25, 0.3) is 0 Å². The summed E-state index contributed by atoms with van der Waals surface area (Å²) >= 11 is 0. The molecule has 3 unspecified atom stereocenters. The monoisotopic (exact) mass is 241 g/mol. The average Bonchev–Trinajstić information content (AvgIpc) is 3.11. The summed E-state index contributed by atoms with van der Waals surface area (Å²) in [6.45, 7) is 1.08. The molecule has 0 heterocycles. The summed E-state index contributed by atoms with van der Waals surface area (Å²) in [6, 6.07) is 7.96. The van der Waals surface area contributed by atoms with Crippen molar-refractivity contribution in [1.29, 1.82) is 0 Å². The van der Waals surface area contributed by atoms with Gasteiger partial charge in [-0.25, -0.2) is 0 Å². The van der Waals surface area contributed by atoms with Gasteiger partial charge in [0, 0.05) is 12.6 Å². The summed E-state index contributed by atoms with van der Waals surface area (Å²) < 4.78 is 0. The zero-order valence-electron chi connectivity index (χ0n) is 11.1. The van der Waals surface area contributed by atoms with Gasteiger partial charge in [0.05, 0.1) is 0 Å². The molecule has 3 aliphatic carbocycles. The van der Waals surface area contributed by atoms with Crippen molar-refractivity contribution in [2.45, 2.75) is 57.5 Å². The van der Waals surface area contributed by atoms with E-state index in [1.54, 1.807) is 11.1 Å². The Morgan fingerprint density at radius 3 is 2.83 bits per heavy atom. The molecule has 0 aromatic heterocycles. The van der Waals surface area contributed by atoms with Gasteiger partial charge in [-0.05, 0) is 67.1 Å². The van der Waals surface area contributed by atoms with Gasteiger partial charge >= 0.3 is 0 Å². The van der Waals surface area contributed by atoms with E-state index >= 15 is 0 Å². The number of rotatable bonds is 3. The molecule has 3 aliphatic rings. The summed E-state index contributed by atoms with van der Waals surface area (Å²) in [4.78, 5) is 0. The van der Waals surface area contributed by atoms with Crippen LogP contribution in [0, 0.1) is 11.8 Å². The highest BCUT2D eigenvalue weighted by Crippen LogP contribution is 2.44. The molecule has 3 atom stereocenters. The Kier molecular flexibility index (Phi) is 2.69. The van der Waals surface area contributed by atoms with Crippen LogP contribution in [0.5, 0.6) is 0 Å². The first-order valence-electron chi connectivity index (χ1n) is 7.72. The largest absolute Gasteiger partial charge is 0.310 e. The van der Waals surface area contributed by atoms with Gasteiger partial charge in [-0.15, -0.1) is 0 Å². The summed E-state index contributed by atoms with van der Waals surface area (Å²) in [7, 11) is 0. The van der Waals surface area contributed by atoms with E-state index in [0.717, 1.165) is 24.4 Å². The van der Waals surface area contributed by atoms with Gasteiger partial charge in [0.2, 0.25) is 0 Å². The zero-order chi connectivity index (χ0) is 11.9. The van der Waals surface area contributed by atoms with Crippen molar-refractivity contribution >= 4 is 0 Å². The van der Waals surface area contributed by atoms with Gasteiger partial charge in [-0.2, -0.15) is 0 Å². The van der Waals surface area contributed by atoms with E-state index in [4.69, 9.17) is 0 Å². The number of benzene rings is 1. The summed E-state index contributed by atoms with van der Waals surface area (Å²) in [6.07, 6.45) is 9.89. The normalized spacial score (nSPS) is 33.0. The Hall–Kier alpha value is -0.820. The summed E-state index contributed by atoms with van der Waals surface area (Å²) in [5.41, 5.74) is 4.71. The van der Waals surface area contributed by atoms with Crippen LogP contribution in [0.4, 0.5) is 0 Å². The van der Waals surface area contributed by atoms with Crippen LogP contribution in [0.3, 0.4) is 0 Å². The van der Waals surface area contributed by atoms with Crippen molar-refractivity contribution < 1.29 is 0 Å². The fraction of sp³-hybridized carbons (Fsp3) is 0.647. The highest BCUT2D eigenvalue weighted by atomic mass is 14.9. The third-order valence-corrected chi connectivity index (χ3v) is 5.47. The maximum atomic E-state index is 3.82. The second-order valence-corrected chi connectivity index (χ2v) is 6.62. The van der Waals surface area contributed by atoms with Crippen molar-refractivity contribution in [2.75, 3.05) is 0 Å². The quantitative estimate of drug-likeness (QED) is 0.854. The lowest BCUT2D eigenvalue weighted by molar-refractivity contribution is 0.350. The topological polar surface area (TPSA) is 12.0 Å². The van der Waals surface area contributed by atoms with Gasteiger partial charge in [0.1, 0.15) is 0 Å².